The van der Waals surface area contributed by atoms with Gasteiger partial charge in [0.25, 0.3) is 11.8 Å². The van der Waals surface area contributed by atoms with E-state index in [1.807, 2.05) is 5.32 Å². The third-order valence-electron chi connectivity index (χ3n) is 6.83. The number of hydrogen-bond donors (Lipinski definition) is 2. The van der Waals surface area contributed by atoms with E-state index in [9.17, 15) is 35.9 Å². The third-order valence-corrected chi connectivity index (χ3v) is 6.83. The lowest BCUT2D eigenvalue weighted by Gasteiger charge is -2.41. The first kappa shape index (κ1) is 31.4. The molecule has 0 radical (unpaired) electrons. The van der Waals surface area contributed by atoms with Gasteiger partial charge in [-0.15, -0.1) is 0 Å². The second-order valence-corrected chi connectivity index (χ2v) is 9.89. The van der Waals surface area contributed by atoms with Crippen LogP contribution in [0.3, 0.4) is 0 Å². The molecule has 13 heteroatoms. The SMILES string of the molecule is COc1ccc(NC(=O)C2=C(c3ccc(C)cc3)C[C@](c3ccc(OCCCC(F)(F)F)cc3)(C(F)(F)F)NC2=O)cn1. The van der Waals surface area contributed by atoms with Gasteiger partial charge in [-0.2, -0.15) is 26.3 Å². The van der Waals surface area contributed by atoms with Gasteiger partial charge in [0.1, 0.15) is 11.3 Å². The molecule has 2 N–H and O–H groups in total. The highest BCUT2D eigenvalue weighted by atomic mass is 19.4. The minimum absolute atomic E-state index is 0.0628. The number of carbonyl (C=O) groups is 2. The van der Waals surface area contributed by atoms with Crippen LogP contribution in [0.25, 0.3) is 5.57 Å². The molecule has 2 amide bonds. The quantitative estimate of drug-likeness (QED) is 0.165. The summed E-state index contributed by atoms with van der Waals surface area (Å²) in [6.45, 7) is 1.49. The van der Waals surface area contributed by atoms with Crippen LogP contribution in [-0.4, -0.2) is 42.9 Å². The van der Waals surface area contributed by atoms with Crippen molar-refractivity contribution in [3.8, 4) is 11.6 Å². The number of amides is 2. The maximum Gasteiger partial charge on any atom is 0.416 e. The lowest BCUT2D eigenvalue weighted by molar-refractivity contribution is -0.201. The van der Waals surface area contributed by atoms with Crippen molar-refractivity contribution in [2.24, 2.45) is 0 Å². The highest BCUT2D eigenvalue weighted by Crippen LogP contribution is 2.48. The van der Waals surface area contributed by atoms with E-state index in [0.29, 0.717) is 0 Å². The van der Waals surface area contributed by atoms with Crippen LogP contribution in [0.2, 0.25) is 0 Å². The fourth-order valence-electron chi connectivity index (χ4n) is 4.61. The number of nitrogens with one attached hydrogen (secondary N) is 2. The van der Waals surface area contributed by atoms with Crippen molar-refractivity contribution in [1.82, 2.24) is 10.3 Å². The number of alkyl halides is 6. The van der Waals surface area contributed by atoms with Gasteiger partial charge in [0.15, 0.2) is 5.54 Å². The van der Waals surface area contributed by atoms with Gasteiger partial charge in [0, 0.05) is 18.9 Å². The average Bonchev–Trinajstić information content (AvgIpc) is 2.95. The highest BCUT2D eigenvalue weighted by Gasteiger charge is 2.60. The van der Waals surface area contributed by atoms with E-state index in [1.54, 1.807) is 19.1 Å². The Labute approximate surface area is 242 Å². The summed E-state index contributed by atoms with van der Waals surface area (Å²) in [7, 11) is 1.40. The molecule has 2 aromatic carbocycles. The molecular formula is C30H27F6N3O4. The predicted octanol–water partition coefficient (Wildman–Crippen LogP) is 6.49. The minimum atomic E-state index is -5.02. The molecule has 4 rings (SSSR count). The molecule has 1 aliphatic rings. The van der Waals surface area contributed by atoms with Crippen molar-refractivity contribution >= 4 is 23.1 Å². The number of rotatable bonds is 9. The summed E-state index contributed by atoms with van der Waals surface area (Å²) >= 11 is 0. The molecule has 228 valence electrons. The Kier molecular flexibility index (Phi) is 9.02. The van der Waals surface area contributed by atoms with E-state index in [1.165, 1.54) is 49.7 Å². The van der Waals surface area contributed by atoms with Crippen molar-refractivity contribution in [2.45, 2.75) is 44.1 Å². The first-order chi connectivity index (χ1) is 20.2. The van der Waals surface area contributed by atoms with Crippen molar-refractivity contribution in [2.75, 3.05) is 19.0 Å². The number of halogens is 6. The zero-order valence-electron chi connectivity index (χ0n) is 23.0. The molecule has 1 aromatic heterocycles. The molecule has 43 heavy (non-hydrogen) atoms. The van der Waals surface area contributed by atoms with Crippen LogP contribution in [0.15, 0.2) is 72.4 Å². The topological polar surface area (TPSA) is 89.5 Å². The number of carbonyl (C=O) groups excluding carboxylic acids is 2. The van der Waals surface area contributed by atoms with Crippen molar-refractivity contribution in [1.29, 1.82) is 0 Å². The third kappa shape index (κ3) is 7.27. The van der Waals surface area contributed by atoms with Crippen LogP contribution in [0, 0.1) is 6.92 Å². The van der Waals surface area contributed by atoms with E-state index in [-0.39, 0.29) is 47.0 Å². The molecule has 0 saturated carbocycles. The Morgan fingerprint density at radius 2 is 1.67 bits per heavy atom. The summed E-state index contributed by atoms with van der Waals surface area (Å²) in [4.78, 5) is 30.8. The Hall–Kier alpha value is -4.55. The Bertz CT molecular complexity index is 1480. The first-order valence-corrected chi connectivity index (χ1v) is 13.0. The number of anilines is 1. The monoisotopic (exact) mass is 607 g/mol. The Morgan fingerprint density at radius 3 is 2.23 bits per heavy atom. The van der Waals surface area contributed by atoms with Gasteiger partial charge in [0.2, 0.25) is 5.88 Å². The molecular weight excluding hydrogens is 580 g/mol. The van der Waals surface area contributed by atoms with Crippen LogP contribution in [0.1, 0.15) is 36.0 Å². The summed E-state index contributed by atoms with van der Waals surface area (Å²) in [5.74, 6) is -1.85. The van der Waals surface area contributed by atoms with Gasteiger partial charge >= 0.3 is 12.4 Å². The van der Waals surface area contributed by atoms with E-state index in [2.05, 4.69) is 10.3 Å². The number of hydrogen-bond acceptors (Lipinski definition) is 5. The lowest BCUT2D eigenvalue weighted by atomic mass is 9.76. The van der Waals surface area contributed by atoms with Crippen molar-refractivity contribution in [3.05, 3.63) is 89.1 Å². The first-order valence-electron chi connectivity index (χ1n) is 13.0. The molecule has 0 aliphatic carbocycles. The lowest BCUT2D eigenvalue weighted by Crippen LogP contribution is -2.59. The molecule has 0 saturated heterocycles. The number of aromatic nitrogens is 1. The molecule has 7 nitrogen and oxygen atoms in total. The number of methoxy groups -OCH3 is 1. The van der Waals surface area contributed by atoms with Gasteiger partial charge in [0.05, 0.1) is 25.6 Å². The number of aryl methyl sites for hydroxylation is 1. The molecule has 3 aromatic rings. The molecule has 0 unspecified atom stereocenters. The largest absolute Gasteiger partial charge is 0.494 e. The molecule has 1 atom stereocenters. The fraction of sp³-hybridized carbons (Fsp3) is 0.300. The number of nitrogens with zero attached hydrogens (tertiary/aromatic N) is 1. The summed E-state index contributed by atoms with van der Waals surface area (Å²) < 4.78 is 92.1. The number of ether oxygens (including phenoxy) is 2. The molecule has 0 bridgehead atoms. The molecule has 1 aliphatic heterocycles. The van der Waals surface area contributed by atoms with Gasteiger partial charge in [-0.05, 0) is 48.2 Å². The normalized spacial score (nSPS) is 17.3. The van der Waals surface area contributed by atoms with E-state index in [4.69, 9.17) is 9.47 Å². The van der Waals surface area contributed by atoms with E-state index >= 15 is 0 Å². The van der Waals surface area contributed by atoms with Gasteiger partial charge in [-0.1, -0.05) is 42.0 Å². The zero-order valence-corrected chi connectivity index (χ0v) is 23.0. The minimum Gasteiger partial charge on any atom is -0.494 e. The van der Waals surface area contributed by atoms with E-state index < -0.39 is 48.1 Å². The molecule has 0 fully saturated rings. The Balaban J connectivity index is 1.71. The van der Waals surface area contributed by atoms with Gasteiger partial charge in [-0.3, -0.25) is 9.59 Å². The highest BCUT2D eigenvalue weighted by molar-refractivity contribution is 6.28. The summed E-state index contributed by atoms with van der Waals surface area (Å²) in [5, 5.41) is 4.54. The fourth-order valence-corrected chi connectivity index (χ4v) is 4.61. The van der Waals surface area contributed by atoms with Crippen molar-refractivity contribution < 1.29 is 45.4 Å². The van der Waals surface area contributed by atoms with E-state index in [0.717, 1.165) is 17.7 Å². The van der Waals surface area contributed by atoms with Crippen LogP contribution in [0.4, 0.5) is 32.0 Å². The second-order valence-electron chi connectivity index (χ2n) is 9.89. The second kappa shape index (κ2) is 12.4. The predicted molar refractivity (Wildman–Crippen MR) is 145 cm³/mol. The smallest absolute Gasteiger partial charge is 0.416 e. The maximum atomic E-state index is 14.9. The van der Waals surface area contributed by atoms with Crippen LogP contribution >= 0.6 is 0 Å². The van der Waals surface area contributed by atoms with Crippen LogP contribution < -0.4 is 20.1 Å². The van der Waals surface area contributed by atoms with Gasteiger partial charge in [-0.25, -0.2) is 4.98 Å². The zero-order chi connectivity index (χ0) is 31.4. The summed E-state index contributed by atoms with van der Waals surface area (Å²) in [6, 6.07) is 13.9. The summed E-state index contributed by atoms with van der Waals surface area (Å²) in [5.41, 5.74) is -2.65. The maximum absolute atomic E-state index is 14.9. The molecule has 0 spiro atoms. The average molecular weight is 608 g/mol. The summed E-state index contributed by atoms with van der Waals surface area (Å²) in [6.07, 6.45) is -10.3. The van der Waals surface area contributed by atoms with Gasteiger partial charge < -0.3 is 20.1 Å². The van der Waals surface area contributed by atoms with Crippen LogP contribution in [0.5, 0.6) is 11.6 Å². The standard InChI is InChI=1S/C30H27F6N3O4/c1-18-4-6-19(7-5-18)23-16-28(30(34,35)36,20-8-11-22(12-9-20)43-15-3-14-29(31,32)33)39-27(41)25(23)26(40)38-21-10-13-24(42-2)37-17-21/h4-13,17H,3,14-16H2,1-2H3,(H,38,40)(H,39,41)/t28-/m0/s1. The Morgan fingerprint density at radius 1 is 1.00 bits per heavy atom. The number of pyridine rings is 1. The van der Waals surface area contributed by atoms with Crippen LogP contribution in [-0.2, 0) is 15.1 Å². The molecule has 2 heterocycles. The van der Waals surface area contributed by atoms with Crippen molar-refractivity contribution in [3.63, 3.8) is 0 Å². The number of benzene rings is 2.